The van der Waals surface area contributed by atoms with Gasteiger partial charge in [-0.1, -0.05) is 36.1 Å². The standard InChI is InChI=1S/C21H19FN2O3S2/c1-2-27-17-9-7-16(8-10-17)23-19(25)11-12-24-20(26)18(29-21(24)28)13-14-3-5-15(22)6-4-14/h3-10,13H,2,11-12H2,1H3,(H,23,25)/b18-13-. The third-order valence-corrected chi connectivity index (χ3v) is 5.43. The smallest absolute Gasteiger partial charge is 0.266 e. The summed E-state index contributed by atoms with van der Waals surface area (Å²) in [5.74, 6) is -0.0758. The molecule has 2 amide bonds. The highest BCUT2D eigenvalue weighted by atomic mass is 32.2. The Morgan fingerprint density at radius 2 is 1.90 bits per heavy atom. The number of nitrogens with zero attached hydrogens (tertiary/aromatic N) is 1. The maximum absolute atomic E-state index is 13.0. The first-order valence-electron chi connectivity index (χ1n) is 9.00. The van der Waals surface area contributed by atoms with Gasteiger partial charge in [0.2, 0.25) is 5.91 Å². The van der Waals surface area contributed by atoms with E-state index in [9.17, 15) is 14.0 Å². The minimum Gasteiger partial charge on any atom is -0.494 e. The van der Waals surface area contributed by atoms with Gasteiger partial charge >= 0.3 is 0 Å². The molecule has 0 radical (unpaired) electrons. The molecule has 29 heavy (non-hydrogen) atoms. The summed E-state index contributed by atoms with van der Waals surface area (Å²) in [4.78, 5) is 26.7. The molecule has 0 atom stereocenters. The summed E-state index contributed by atoms with van der Waals surface area (Å²) in [6.45, 7) is 2.66. The molecule has 3 rings (SSSR count). The van der Waals surface area contributed by atoms with Crippen molar-refractivity contribution in [1.82, 2.24) is 4.90 Å². The van der Waals surface area contributed by atoms with Crippen LogP contribution in [0.2, 0.25) is 0 Å². The molecule has 1 saturated heterocycles. The van der Waals surface area contributed by atoms with Crippen molar-refractivity contribution in [3.05, 3.63) is 64.8 Å². The van der Waals surface area contributed by atoms with Gasteiger partial charge in [-0.2, -0.15) is 0 Å². The molecule has 1 aliphatic heterocycles. The molecule has 0 spiro atoms. The van der Waals surface area contributed by atoms with Crippen molar-refractivity contribution in [2.75, 3.05) is 18.5 Å². The van der Waals surface area contributed by atoms with Crippen LogP contribution in [0.15, 0.2) is 53.4 Å². The molecule has 5 nitrogen and oxygen atoms in total. The van der Waals surface area contributed by atoms with E-state index in [0.29, 0.717) is 27.1 Å². The second-order valence-electron chi connectivity index (χ2n) is 6.14. The van der Waals surface area contributed by atoms with Crippen LogP contribution in [-0.2, 0) is 9.59 Å². The molecule has 1 N–H and O–H groups in total. The lowest BCUT2D eigenvalue weighted by Gasteiger charge is -2.14. The highest BCUT2D eigenvalue weighted by Gasteiger charge is 2.32. The van der Waals surface area contributed by atoms with Gasteiger partial charge in [-0.15, -0.1) is 0 Å². The fourth-order valence-electron chi connectivity index (χ4n) is 2.64. The summed E-state index contributed by atoms with van der Waals surface area (Å²) in [5, 5.41) is 2.79. The number of nitrogens with one attached hydrogen (secondary N) is 1. The molecular formula is C21H19FN2O3S2. The quantitative estimate of drug-likeness (QED) is 0.519. The Hall–Kier alpha value is -2.71. The van der Waals surface area contributed by atoms with E-state index in [0.717, 1.165) is 5.75 Å². The normalized spacial score (nSPS) is 15.1. The average molecular weight is 431 g/mol. The number of thioether (sulfide) groups is 1. The van der Waals surface area contributed by atoms with Crippen molar-refractivity contribution < 1.29 is 18.7 Å². The largest absolute Gasteiger partial charge is 0.494 e. The van der Waals surface area contributed by atoms with E-state index in [1.54, 1.807) is 42.5 Å². The van der Waals surface area contributed by atoms with Gasteiger partial charge in [0.05, 0.1) is 11.5 Å². The lowest BCUT2D eigenvalue weighted by Crippen LogP contribution is -2.31. The predicted octanol–water partition coefficient (Wildman–Crippen LogP) is 4.45. The summed E-state index contributed by atoms with van der Waals surface area (Å²) in [5.41, 5.74) is 1.36. The molecule has 150 valence electrons. The van der Waals surface area contributed by atoms with Gasteiger partial charge in [-0.05, 0) is 55.0 Å². The van der Waals surface area contributed by atoms with E-state index >= 15 is 0 Å². The van der Waals surface area contributed by atoms with E-state index < -0.39 is 0 Å². The van der Waals surface area contributed by atoms with Crippen molar-refractivity contribution >= 4 is 51.9 Å². The first-order chi connectivity index (χ1) is 14.0. The van der Waals surface area contributed by atoms with Crippen molar-refractivity contribution in [3.8, 4) is 5.75 Å². The van der Waals surface area contributed by atoms with Crippen LogP contribution in [0.25, 0.3) is 6.08 Å². The number of halogens is 1. The van der Waals surface area contributed by atoms with Gasteiger partial charge in [0.25, 0.3) is 5.91 Å². The molecule has 0 unspecified atom stereocenters. The fraction of sp³-hybridized carbons (Fsp3) is 0.190. The van der Waals surface area contributed by atoms with Gasteiger partial charge in [0.1, 0.15) is 15.9 Å². The molecule has 1 aliphatic rings. The molecule has 8 heteroatoms. The number of rotatable bonds is 7. The van der Waals surface area contributed by atoms with E-state index in [-0.39, 0.29) is 30.6 Å². The first-order valence-corrected chi connectivity index (χ1v) is 10.2. The highest BCUT2D eigenvalue weighted by Crippen LogP contribution is 2.32. The number of amides is 2. The molecule has 0 aromatic heterocycles. The molecule has 0 saturated carbocycles. The SMILES string of the molecule is CCOc1ccc(NC(=O)CCN2C(=O)/C(=C/c3ccc(F)cc3)SC2=S)cc1. The molecule has 0 aliphatic carbocycles. The van der Waals surface area contributed by atoms with E-state index in [1.165, 1.54) is 28.8 Å². The Labute approximate surface area is 177 Å². The van der Waals surface area contributed by atoms with Crippen LogP contribution in [0.4, 0.5) is 10.1 Å². The maximum Gasteiger partial charge on any atom is 0.266 e. The van der Waals surface area contributed by atoms with Crippen LogP contribution in [0, 0.1) is 5.82 Å². The lowest BCUT2D eigenvalue weighted by molar-refractivity contribution is -0.122. The van der Waals surface area contributed by atoms with Crippen molar-refractivity contribution in [2.45, 2.75) is 13.3 Å². The Morgan fingerprint density at radius 1 is 1.21 bits per heavy atom. The van der Waals surface area contributed by atoms with Crippen LogP contribution in [0.3, 0.4) is 0 Å². The van der Waals surface area contributed by atoms with E-state index in [1.807, 2.05) is 6.92 Å². The molecular weight excluding hydrogens is 411 g/mol. The topological polar surface area (TPSA) is 58.6 Å². The Balaban J connectivity index is 1.55. The second kappa shape index (κ2) is 9.67. The van der Waals surface area contributed by atoms with Gasteiger partial charge in [-0.25, -0.2) is 4.39 Å². The third-order valence-electron chi connectivity index (χ3n) is 4.05. The van der Waals surface area contributed by atoms with Gasteiger partial charge in [0, 0.05) is 18.7 Å². The van der Waals surface area contributed by atoms with Crippen molar-refractivity contribution in [3.63, 3.8) is 0 Å². The zero-order valence-electron chi connectivity index (χ0n) is 15.7. The monoisotopic (exact) mass is 430 g/mol. The predicted molar refractivity (Wildman–Crippen MR) is 117 cm³/mol. The Morgan fingerprint density at radius 3 is 2.55 bits per heavy atom. The van der Waals surface area contributed by atoms with Gasteiger partial charge in [0.15, 0.2) is 0 Å². The van der Waals surface area contributed by atoms with Crippen molar-refractivity contribution in [2.24, 2.45) is 0 Å². The number of benzene rings is 2. The second-order valence-corrected chi connectivity index (χ2v) is 7.82. The first kappa shape index (κ1) is 21.0. The zero-order chi connectivity index (χ0) is 20.8. The van der Waals surface area contributed by atoms with Crippen LogP contribution in [-0.4, -0.2) is 34.2 Å². The van der Waals surface area contributed by atoms with Crippen LogP contribution < -0.4 is 10.1 Å². The van der Waals surface area contributed by atoms with Gasteiger partial charge in [-0.3, -0.25) is 14.5 Å². The van der Waals surface area contributed by atoms with E-state index in [2.05, 4.69) is 5.32 Å². The number of thiocarbonyl (C=S) groups is 1. The molecule has 2 aromatic rings. The Bertz CT molecular complexity index is 943. The molecule has 2 aromatic carbocycles. The number of ether oxygens (including phenoxy) is 1. The number of anilines is 1. The van der Waals surface area contributed by atoms with Crippen LogP contribution in [0.1, 0.15) is 18.9 Å². The van der Waals surface area contributed by atoms with Crippen LogP contribution >= 0.6 is 24.0 Å². The maximum atomic E-state index is 13.0. The van der Waals surface area contributed by atoms with E-state index in [4.69, 9.17) is 17.0 Å². The number of carbonyl (C=O) groups excluding carboxylic acids is 2. The fourth-order valence-corrected chi connectivity index (χ4v) is 3.95. The summed E-state index contributed by atoms with van der Waals surface area (Å²) >= 11 is 6.45. The Kier molecular flexibility index (Phi) is 7.00. The minimum absolute atomic E-state index is 0.115. The van der Waals surface area contributed by atoms with Crippen molar-refractivity contribution in [1.29, 1.82) is 0 Å². The molecule has 1 heterocycles. The summed E-state index contributed by atoms with van der Waals surface area (Å²) in [7, 11) is 0. The summed E-state index contributed by atoms with van der Waals surface area (Å²) < 4.78 is 18.8. The zero-order valence-corrected chi connectivity index (χ0v) is 17.3. The number of carbonyl (C=O) groups is 2. The van der Waals surface area contributed by atoms with Crippen LogP contribution in [0.5, 0.6) is 5.75 Å². The average Bonchev–Trinajstić information content (AvgIpc) is 2.96. The molecule has 1 fully saturated rings. The lowest BCUT2D eigenvalue weighted by atomic mass is 10.2. The third kappa shape index (κ3) is 5.65. The summed E-state index contributed by atoms with van der Waals surface area (Å²) in [6.07, 6.45) is 1.78. The number of hydrogen-bond donors (Lipinski definition) is 1. The summed E-state index contributed by atoms with van der Waals surface area (Å²) in [6, 6.07) is 12.9. The number of hydrogen-bond acceptors (Lipinski definition) is 5. The van der Waals surface area contributed by atoms with Gasteiger partial charge < -0.3 is 10.1 Å². The minimum atomic E-state index is -0.340. The highest BCUT2D eigenvalue weighted by molar-refractivity contribution is 8.26. The molecule has 0 bridgehead atoms.